The summed E-state index contributed by atoms with van der Waals surface area (Å²) in [4.78, 5) is 0. The van der Waals surface area contributed by atoms with Gasteiger partial charge in [-0.1, -0.05) is 0 Å². The van der Waals surface area contributed by atoms with Gasteiger partial charge in [0, 0.05) is 6.07 Å². The van der Waals surface area contributed by atoms with Gasteiger partial charge in [0.15, 0.2) is 0 Å². The molecular weight excluding hydrogens is 122 g/mol. The van der Waals surface area contributed by atoms with Crippen molar-refractivity contribution in [2.45, 2.75) is 6.92 Å². The second-order valence-electron chi connectivity index (χ2n) is 1.78. The molecule has 47 valence electrons. The second-order valence-corrected chi connectivity index (χ2v) is 1.78. The first-order chi connectivity index (χ1) is 4.20. The molecule has 0 aliphatic heterocycles. The van der Waals surface area contributed by atoms with E-state index in [0.29, 0.717) is 0 Å². The summed E-state index contributed by atoms with van der Waals surface area (Å²) in [7, 11) is 0. The van der Waals surface area contributed by atoms with Gasteiger partial charge in [-0.2, -0.15) is 0 Å². The Kier molecular flexibility index (Phi) is 1.47. The molecule has 1 rings (SSSR count). The Labute approximate surface area is 52.1 Å². The van der Waals surface area contributed by atoms with Gasteiger partial charge >= 0.3 is 0 Å². The van der Waals surface area contributed by atoms with Gasteiger partial charge in [0.05, 0.1) is 0 Å². The highest BCUT2D eigenvalue weighted by Gasteiger charge is 1.96. The normalized spacial score (nSPS) is 9.67. The zero-order valence-corrected chi connectivity index (χ0v) is 4.91. The quantitative estimate of drug-likeness (QED) is 0.500. The molecule has 0 aromatic heterocycles. The van der Waals surface area contributed by atoms with Crippen LogP contribution in [0.3, 0.4) is 0 Å². The molecule has 1 radical (unpaired) electrons. The lowest BCUT2D eigenvalue weighted by Gasteiger charge is -1.91. The SMILES string of the molecule is Cc1[c]c(F)ccc1F. The molecule has 0 unspecified atom stereocenters. The highest BCUT2D eigenvalue weighted by molar-refractivity contribution is 5.14. The summed E-state index contributed by atoms with van der Waals surface area (Å²) in [6.07, 6.45) is 0. The third-order valence-corrected chi connectivity index (χ3v) is 1.04. The van der Waals surface area contributed by atoms with Crippen LogP contribution in [0.15, 0.2) is 12.1 Å². The molecule has 0 spiro atoms. The first kappa shape index (κ1) is 6.20. The van der Waals surface area contributed by atoms with Gasteiger partial charge in [0.2, 0.25) is 0 Å². The molecule has 0 fully saturated rings. The maximum Gasteiger partial charge on any atom is 0.131 e. The summed E-state index contributed by atoms with van der Waals surface area (Å²) in [5.74, 6) is -0.940. The Balaban J connectivity index is 3.17. The van der Waals surface area contributed by atoms with E-state index < -0.39 is 11.6 Å². The molecule has 0 heterocycles. The molecule has 1 aromatic carbocycles. The third-order valence-electron chi connectivity index (χ3n) is 1.04. The zero-order valence-electron chi connectivity index (χ0n) is 4.91. The molecule has 0 bridgehead atoms. The summed E-state index contributed by atoms with van der Waals surface area (Å²) < 4.78 is 24.4. The van der Waals surface area contributed by atoms with E-state index in [4.69, 9.17) is 0 Å². The molecule has 0 aliphatic rings. The van der Waals surface area contributed by atoms with Crippen LogP contribution in [0.25, 0.3) is 0 Å². The van der Waals surface area contributed by atoms with Crippen molar-refractivity contribution in [3.05, 3.63) is 35.4 Å². The minimum atomic E-state index is -0.520. The molecule has 0 amide bonds. The van der Waals surface area contributed by atoms with Gasteiger partial charge in [-0.05, 0) is 24.6 Å². The number of hydrogen-bond donors (Lipinski definition) is 0. The molecule has 0 nitrogen and oxygen atoms in total. The van der Waals surface area contributed by atoms with Crippen molar-refractivity contribution in [3.8, 4) is 0 Å². The van der Waals surface area contributed by atoms with E-state index in [1.54, 1.807) is 0 Å². The van der Waals surface area contributed by atoms with Crippen molar-refractivity contribution in [1.82, 2.24) is 0 Å². The van der Waals surface area contributed by atoms with Crippen LogP contribution >= 0.6 is 0 Å². The third kappa shape index (κ3) is 1.25. The number of hydrogen-bond acceptors (Lipinski definition) is 0. The van der Waals surface area contributed by atoms with Crippen molar-refractivity contribution in [2.24, 2.45) is 0 Å². The first-order valence-corrected chi connectivity index (χ1v) is 2.54. The maximum absolute atomic E-state index is 12.3. The molecule has 0 atom stereocenters. The smallest absolute Gasteiger partial charge is 0.131 e. The predicted molar refractivity (Wildman–Crippen MR) is 29.9 cm³/mol. The Morgan fingerprint density at radius 1 is 1.33 bits per heavy atom. The van der Waals surface area contributed by atoms with Gasteiger partial charge in [0.25, 0.3) is 0 Å². The summed E-state index contributed by atoms with van der Waals surface area (Å²) in [6.45, 7) is 1.47. The Morgan fingerprint density at radius 3 is 2.44 bits per heavy atom. The maximum atomic E-state index is 12.3. The van der Waals surface area contributed by atoms with Gasteiger partial charge in [-0.25, -0.2) is 8.78 Å². The fourth-order valence-corrected chi connectivity index (χ4v) is 0.552. The molecular formula is C7H5F2. The Hall–Kier alpha value is -0.920. The molecule has 0 N–H and O–H groups in total. The number of halogens is 2. The Bertz CT molecular complexity index is 218. The predicted octanol–water partition coefficient (Wildman–Crippen LogP) is 2.07. The van der Waals surface area contributed by atoms with Crippen LogP contribution in [0.5, 0.6) is 0 Å². The van der Waals surface area contributed by atoms with Crippen molar-refractivity contribution in [2.75, 3.05) is 0 Å². The van der Waals surface area contributed by atoms with E-state index in [2.05, 4.69) is 6.07 Å². The number of rotatable bonds is 0. The topological polar surface area (TPSA) is 0 Å². The van der Waals surface area contributed by atoms with Crippen molar-refractivity contribution in [1.29, 1.82) is 0 Å². The number of benzene rings is 1. The molecule has 0 aliphatic carbocycles. The monoisotopic (exact) mass is 127 g/mol. The lowest BCUT2D eigenvalue weighted by molar-refractivity contribution is 0.590. The summed E-state index contributed by atoms with van der Waals surface area (Å²) >= 11 is 0. The van der Waals surface area contributed by atoms with Crippen molar-refractivity contribution in [3.63, 3.8) is 0 Å². The number of aryl methyl sites for hydroxylation is 1. The summed E-state index contributed by atoms with van der Waals surface area (Å²) in [5.41, 5.74) is 0.218. The van der Waals surface area contributed by atoms with Crippen LogP contribution in [0.1, 0.15) is 5.56 Å². The lowest BCUT2D eigenvalue weighted by Crippen LogP contribution is -1.82. The van der Waals surface area contributed by atoms with E-state index in [-0.39, 0.29) is 5.56 Å². The standard InChI is InChI=1S/C7H5F2/c1-5-4-6(8)2-3-7(5)9/h2-3H,1H3. The average Bonchev–Trinajstić information content (AvgIpc) is 1.80. The van der Waals surface area contributed by atoms with Gasteiger partial charge in [0.1, 0.15) is 11.6 Å². The van der Waals surface area contributed by atoms with Gasteiger partial charge in [-0.15, -0.1) is 0 Å². The van der Waals surface area contributed by atoms with Crippen LogP contribution in [0.4, 0.5) is 8.78 Å². The fraction of sp³-hybridized carbons (Fsp3) is 0.143. The molecule has 2 heteroatoms. The molecule has 0 saturated heterocycles. The first-order valence-electron chi connectivity index (χ1n) is 2.54. The average molecular weight is 127 g/mol. The van der Waals surface area contributed by atoms with Gasteiger partial charge < -0.3 is 0 Å². The van der Waals surface area contributed by atoms with E-state index >= 15 is 0 Å². The van der Waals surface area contributed by atoms with Gasteiger partial charge in [-0.3, -0.25) is 0 Å². The zero-order chi connectivity index (χ0) is 6.85. The minimum Gasteiger partial charge on any atom is -0.207 e. The summed E-state index contributed by atoms with van der Waals surface area (Å²) in [6, 6.07) is 4.33. The second kappa shape index (κ2) is 2.13. The van der Waals surface area contributed by atoms with Crippen LogP contribution < -0.4 is 0 Å². The van der Waals surface area contributed by atoms with Crippen molar-refractivity contribution >= 4 is 0 Å². The van der Waals surface area contributed by atoms with Crippen molar-refractivity contribution < 1.29 is 8.78 Å². The van der Waals surface area contributed by atoms with Crippen LogP contribution in [-0.2, 0) is 0 Å². The molecule has 1 aromatic rings. The minimum absolute atomic E-state index is 0.218. The van der Waals surface area contributed by atoms with E-state index in [0.717, 1.165) is 12.1 Å². The van der Waals surface area contributed by atoms with E-state index in [1.807, 2.05) is 0 Å². The highest BCUT2D eigenvalue weighted by Crippen LogP contribution is 2.05. The highest BCUT2D eigenvalue weighted by atomic mass is 19.1. The van der Waals surface area contributed by atoms with E-state index in [1.165, 1.54) is 6.92 Å². The largest absolute Gasteiger partial charge is 0.207 e. The lowest BCUT2D eigenvalue weighted by atomic mass is 10.2. The molecule has 9 heavy (non-hydrogen) atoms. The van der Waals surface area contributed by atoms with Crippen LogP contribution in [-0.4, -0.2) is 0 Å². The van der Waals surface area contributed by atoms with Crippen LogP contribution in [0, 0.1) is 24.6 Å². The summed E-state index contributed by atoms with van der Waals surface area (Å²) in [5, 5.41) is 0. The molecule has 0 saturated carbocycles. The van der Waals surface area contributed by atoms with E-state index in [9.17, 15) is 8.78 Å². The van der Waals surface area contributed by atoms with Crippen LogP contribution in [0.2, 0.25) is 0 Å². The Morgan fingerprint density at radius 2 is 2.00 bits per heavy atom. The fourth-order valence-electron chi connectivity index (χ4n) is 0.552.